The zero-order chi connectivity index (χ0) is 13.5. The third-order valence-corrected chi connectivity index (χ3v) is 4.24. The lowest BCUT2D eigenvalue weighted by molar-refractivity contribution is -0.113. The second kappa shape index (κ2) is 7.59. The van der Waals surface area contributed by atoms with E-state index in [0.717, 1.165) is 17.3 Å². The number of thioether (sulfide) groups is 1. The zero-order valence-electron chi connectivity index (χ0n) is 10.9. The van der Waals surface area contributed by atoms with Gasteiger partial charge in [-0.15, -0.1) is 5.10 Å². The Morgan fingerprint density at radius 1 is 1.42 bits per heavy atom. The maximum atomic E-state index is 5.14. The lowest BCUT2D eigenvalue weighted by Crippen LogP contribution is -2.22. The number of methoxy groups -OCH3 is 2. The van der Waals surface area contributed by atoms with E-state index in [1.54, 1.807) is 42.0 Å². The Labute approximate surface area is 120 Å². The van der Waals surface area contributed by atoms with Gasteiger partial charge in [-0.2, -0.15) is 11.3 Å². The maximum Gasteiger partial charge on any atom is 0.209 e. The van der Waals surface area contributed by atoms with Crippen LogP contribution in [-0.2, 0) is 22.4 Å². The van der Waals surface area contributed by atoms with Crippen LogP contribution in [-0.4, -0.2) is 46.5 Å². The number of aromatic nitrogens is 4. The Hall–Kier alpha value is -0.960. The molecule has 0 N–H and O–H groups in total. The fraction of sp³-hybridized carbons (Fsp3) is 0.545. The lowest BCUT2D eigenvalue weighted by atomic mass is 10.3. The summed E-state index contributed by atoms with van der Waals surface area (Å²) in [6.07, 6.45) is 0.679. The predicted molar refractivity (Wildman–Crippen MR) is 74.4 cm³/mol. The summed E-state index contributed by atoms with van der Waals surface area (Å²) in [4.78, 5) is 0. The molecule has 104 valence electrons. The molecule has 0 amide bonds. The monoisotopic (exact) mass is 300 g/mol. The number of thiophene rings is 1. The van der Waals surface area contributed by atoms with Crippen molar-refractivity contribution in [1.82, 2.24) is 20.2 Å². The highest BCUT2D eigenvalue weighted by Crippen LogP contribution is 2.17. The summed E-state index contributed by atoms with van der Waals surface area (Å²) >= 11 is 3.35. The van der Waals surface area contributed by atoms with Gasteiger partial charge in [-0.3, -0.25) is 0 Å². The molecule has 0 spiro atoms. The molecule has 6 nitrogen and oxygen atoms in total. The summed E-state index contributed by atoms with van der Waals surface area (Å²) in [6.45, 7) is 0.487. The van der Waals surface area contributed by atoms with Crippen molar-refractivity contribution in [2.75, 3.05) is 20.0 Å². The third kappa shape index (κ3) is 4.27. The molecule has 8 heteroatoms. The van der Waals surface area contributed by atoms with Gasteiger partial charge in [0.2, 0.25) is 5.16 Å². The number of hydrogen-bond acceptors (Lipinski definition) is 7. The quantitative estimate of drug-likeness (QED) is 0.546. The van der Waals surface area contributed by atoms with Gasteiger partial charge in [0.1, 0.15) is 0 Å². The lowest BCUT2D eigenvalue weighted by Gasteiger charge is -2.13. The van der Waals surface area contributed by atoms with Crippen molar-refractivity contribution in [3.63, 3.8) is 0 Å². The predicted octanol–water partition coefficient (Wildman–Crippen LogP) is 1.69. The van der Waals surface area contributed by atoms with Gasteiger partial charge >= 0.3 is 0 Å². The molecule has 0 atom stereocenters. The average Bonchev–Trinajstić information content (AvgIpc) is 3.08. The maximum absolute atomic E-state index is 5.14. The SMILES string of the molecule is COC(Cn1nnnc1SCCc1ccsc1)OC. The molecule has 2 rings (SSSR count). The van der Waals surface area contributed by atoms with Crippen LogP contribution in [0.2, 0.25) is 0 Å². The standard InChI is InChI=1S/C11H16N4O2S2/c1-16-10(17-2)7-15-11(12-13-14-15)19-6-4-9-3-5-18-8-9/h3,5,8,10H,4,6-7H2,1-2H3. The smallest absolute Gasteiger partial charge is 0.209 e. The number of ether oxygens (including phenoxy) is 2. The molecule has 0 radical (unpaired) electrons. The fourth-order valence-electron chi connectivity index (χ4n) is 1.50. The number of aryl methyl sites for hydroxylation is 1. The molecule has 0 fully saturated rings. The second-order valence-corrected chi connectivity index (χ2v) is 5.62. The van der Waals surface area contributed by atoms with Gasteiger partial charge < -0.3 is 9.47 Å². The van der Waals surface area contributed by atoms with Crippen LogP contribution in [0.5, 0.6) is 0 Å². The van der Waals surface area contributed by atoms with Gasteiger partial charge in [-0.1, -0.05) is 11.8 Å². The van der Waals surface area contributed by atoms with Crippen LogP contribution in [0, 0.1) is 0 Å². The van der Waals surface area contributed by atoms with E-state index in [0.29, 0.717) is 6.54 Å². The van der Waals surface area contributed by atoms with Gasteiger partial charge in [-0.05, 0) is 39.2 Å². The van der Waals surface area contributed by atoms with Gasteiger partial charge in [-0.25, -0.2) is 4.68 Å². The minimum absolute atomic E-state index is 0.334. The summed E-state index contributed by atoms with van der Waals surface area (Å²) in [6, 6.07) is 2.14. The molecule has 0 aliphatic carbocycles. The van der Waals surface area contributed by atoms with Crippen molar-refractivity contribution in [1.29, 1.82) is 0 Å². The molecule has 2 aromatic rings. The number of hydrogen-bond donors (Lipinski definition) is 0. The molecule has 0 bridgehead atoms. The van der Waals surface area contributed by atoms with E-state index in [9.17, 15) is 0 Å². The first-order valence-corrected chi connectivity index (χ1v) is 7.72. The van der Waals surface area contributed by atoms with Crippen LogP contribution in [0.1, 0.15) is 5.56 Å². The minimum atomic E-state index is -0.334. The molecular weight excluding hydrogens is 284 g/mol. The normalized spacial score (nSPS) is 11.3. The number of tetrazole rings is 1. The first-order chi connectivity index (χ1) is 9.33. The van der Waals surface area contributed by atoms with Gasteiger partial charge in [0.15, 0.2) is 6.29 Å². The highest BCUT2D eigenvalue weighted by Gasteiger charge is 2.12. The Kier molecular flexibility index (Phi) is 5.77. The Bertz CT molecular complexity index is 471. The van der Waals surface area contributed by atoms with E-state index in [1.165, 1.54) is 5.56 Å². The highest BCUT2D eigenvalue weighted by atomic mass is 32.2. The van der Waals surface area contributed by atoms with Crippen molar-refractivity contribution in [2.45, 2.75) is 24.4 Å². The van der Waals surface area contributed by atoms with Crippen molar-refractivity contribution < 1.29 is 9.47 Å². The van der Waals surface area contributed by atoms with Gasteiger partial charge in [0.05, 0.1) is 6.54 Å². The molecule has 2 aromatic heterocycles. The molecule has 19 heavy (non-hydrogen) atoms. The summed E-state index contributed by atoms with van der Waals surface area (Å²) in [7, 11) is 3.20. The second-order valence-electron chi connectivity index (χ2n) is 3.77. The molecule has 0 saturated carbocycles. The minimum Gasteiger partial charge on any atom is -0.354 e. The first kappa shape index (κ1) is 14.4. The average molecular weight is 300 g/mol. The summed E-state index contributed by atoms with van der Waals surface area (Å²) in [5.41, 5.74) is 1.35. The summed E-state index contributed by atoms with van der Waals surface area (Å²) in [5, 5.41) is 16.7. The van der Waals surface area contributed by atoms with E-state index in [4.69, 9.17) is 9.47 Å². The topological polar surface area (TPSA) is 62.1 Å². The Balaban J connectivity index is 1.85. The summed E-state index contributed by atoms with van der Waals surface area (Å²) < 4.78 is 12.0. The van der Waals surface area contributed by atoms with Crippen molar-refractivity contribution in [2.24, 2.45) is 0 Å². The van der Waals surface area contributed by atoms with E-state index in [2.05, 4.69) is 32.4 Å². The molecule has 0 aliphatic rings. The van der Waals surface area contributed by atoms with Crippen molar-refractivity contribution >= 4 is 23.1 Å². The highest BCUT2D eigenvalue weighted by molar-refractivity contribution is 7.99. The molecule has 2 heterocycles. The number of rotatable bonds is 8. The van der Waals surface area contributed by atoms with Crippen LogP contribution in [0.15, 0.2) is 22.0 Å². The summed E-state index contributed by atoms with van der Waals surface area (Å²) in [5.74, 6) is 0.946. The molecule has 0 aromatic carbocycles. The van der Waals surface area contributed by atoms with Gasteiger partial charge in [0, 0.05) is 20.0 Å². The van der Waals surface area contributed by atoms with Crippen LogP contribution in [0.3, 0.4) is 0 Å². The van der Waals surface area contributed by atoms with Crippen molar-refractivity contribution in [3.8, 4) is 0 Å². The zero-order valence-corrected chi connectivity index (χ0v) is 12.5. The van der Waals surface area contributed by atoms with E-state index in [-0.39, 0.29) is 6.29 Å². The van der Waals surface area contributed by atoms with E-state index < -0.39 is 0 Å². The fourth-order valence-corrected chi connectivity index (χ4v) is 3.07. The third-order valence-electron chi connectivity index (χ3n) is 2.55. The van der Waals surface area contributed by atoms with Crippen LogP contribution in [0.25, 0.3) is 0 Å². The van der Waals surface area contributed by atoms with Crippen molar-refractivity contribution in [3.05, 3.63) is 22.4 Å². The Morgan fingerprint density at radius 2 is 2.26 bits per heavy atom. The first-order valence-electron chi connectivity index (χ1n) is 5.79. The van der Waals surface area contributed by atoms with Crippen LogP contribution < -0.4 is 0 Å². The largest absolute Gasteiger partial charge is 0.354 e. The van der Waals surface area contributed by atoms with Crippen LogP contribution >= 0.6 is 23.1 Å². The van der Waals surface area contributed by atoms with Crippen LogP contribution in [0.4, 0.5) is 0 Å². The molecule has 0 aliphatic heterocycles. The van der Waals surface area contributed by atoms with E-state index >= 15 is 0 Å². The number of nitrogens with zero attached hydrogens (tertiary/aromatic N) is 4. The molecule has 0 unspecified atom stereocenters. The van der Waals surface area contributed by atoms with E-state index in [1.807, 2.05) is 0 Å². The van der Waals surface area contributed by atoms with Gasteiger partial charge in [0.25, 0.3) is 0 Å². The molecule has 0 saturated heterocycles. The molecular formula is C11H16N4O2S2. The Morgan fingerprint density at radius 3 is 2.95 bits per heavy atom.